The van der Waals surface area contributed by atoms with E-state index < -0.39 is 5.25 Å². The summed E-state index contributed by atoms with van der Waals surface area (Å²) in [6.45, 7) is 3.65. The van der Waals surface area contributed by atoms with E-state index in [1.165, 1.54) is 16.3 Å². The first kappa shape index (κ1) is 22.3. The van der Waals surface area contributed by atoms with E-state index in [2.05, 4.69) is 15.3 Å². The van der Waals surface area contributed by atoms with Gasteiger partial charge in [-0.25, -0.2) is 14.5 Å². The summed E-state index contributed by atoms with van der Waals surface area (Å²) in [5.41, 5.74) is 1.73. The number of amides is 1. The predicted molar refractivity (Wildman–Crippen MR) is 130 cm³/mol. The van der Waals surface area contributed by atoms with Crippen LogP contribution >= 0.6 is 35.0 Å². The van der Waals surface area contributed by atoms with Gasteiger partial charge in [0, 0.05) is 11.2 Å². The highest BCUT2D eigenvalue weighted by atomic mass is 35.5. The van der Waals surface area contributed by atoms with Crippen molar-refractivity contribution in [2.24, 2.45) is 0 Å². The highest BCUT2D eigenvalue weighted by molar-refractivity contribution is 8.00. The van der Waals surface area contributed by atoms with Crippen LogP contribution in [-0.2, 0) is 4.79 Å². The van der Waals surface area contributed by atoms with Crippen molar-refractivity contribution in [1.29, 1.82) is 0 Å². The van der Waals surface area contributed by atoms with Gasteiger partial charge in [0.2, 0.25) is 5.91 Å². The Bertz CT molecular complexity index is 1370. The summed E-state index contributed by atoms with van der Waals surface area (Å²) in [4.78, 5) is 35.2. The van der Waals surface area contributed by atoms with Gasteiger partial charge in [-0.2, -0.15) is 0 Å². The normalized spacial score (nSPS) is 12.0. The molecule has 0 aliphatic carbocycles. The summed E-state index contributed by atoms with van der Waals surface area (Å²) in [6, 6.07) is 15.6. The number of carbonyl (C=O) groups is 1. The molecule has 4 aromatic rings. The van der Waals surface area contributed by atoms with E-state index in [1.807, 2.05) is 19.1 Å². The second-order valence-corrected chi connectivity index (χ2v) is 9.27. The van der Waals surface area contributed by atoms with Gasteiger partial charge in [-0.3, -0.25) is 9.59 Å². The summed E-state index contributed by atoms with van der Waals surface area (Å²) >= 11 is 13.3. The van der Waals surface area contributed by atoms with Crippen LogP contribution in [0.3, 0.4) is 0 Å². The van der Waals surface area contributed by atoms with Gasteiger partial charge in [-0.05, 0) is 55.8 Å². The minimum Gasteiger partial charge on any atom is -0.324 e. The quantitative estimate of drug-likeness (QED) is 0.298. The van der Waals surface area contributed by atoms with Gasteiger partial charge in [0.1, 0.15) is 5.82 Å². The van der Waals surface area contributed by atoms with Crippen molar-refractivity contribution < 1.29 is 4.79 Å². The number of anilines is 1. The Balaban J connectivity index is 1.71. The molecule has 1 unspecified atom stereocenters. The molecule has 6 nitrogen and oxygen atoms in total. The van der Waals surface area contributed by atoms with Crippen molar-refractivity contribution in [3.05, 3.63) is 86.8 Å². The minimum absolute atomic E-state index is 0.247. The van der Waals surface area contributed by atoms with E-state index in [4.69, 9.17) is 23.2 Å². The summed E-state index contributed by atoms with van der Waals surface area (Å²) < 4.78 is 1.44. The lowest BCUT2D eigenvalue weighted by Gasteiger charge is -2.16. The third kappa shape index (κ3) is 4.65. The van der Waals surface area contributed by atoms with Crippen LogP contribution in [-0.4, -0.2) is 25.7 Å². The number of para-hydroxylation sites is 1. The molecule has 2 heterocycles. The zero-order valence-corrected chi connectivity index (χ0v) is 19.5. The number of pyridine rings is 1. The second kappa shape index (κ2) is 9.32. The Labute approximate surface area is 198 Å². The lowest BCUT2D eigenvalue weighted by molar-refractivity contribution is -0.115. The molecule has 1 N–H and O–H groups in total. The molecule has 0 bridgehead atoms. The number of hydrogen-bond acceptors (Lipinski definition) is 5. The molecule has 4 rings (SSSR count). The molecule has 2 aromatic carbocycles. The van der Waals surface area contributed by atoms with Crippen molar-refractivity contribution in [2.75, 3.05) is 5.32 Å². The Morgan fingerprint density at radius 3 is 2.62 bits per heavy atom. The highest BCUT2D eigenvalue weighted by Gasteiger charge is 2.21. The van der Waals surface area contributed by atoms with E-state index in [0.29, 0.717) is 37.6 Å². The van der Waals surface area contributed by atoms with Crippen molar-refractivity contribution >= 4 is 57.5 Å². The molecular formula is C23H18Cl2N4O2S. The number of aryl methyl sites for hydroxylation is 1. The molecule has 0 radical (unpaired) electrons. The number of aromatic nitrogens is 3. The number of nitrogens with one attached hydrogen (secondary N) is 1. The van der Waals surface area contributed by atoms with Crippen LogP contribution in [0.1, 0.15) is 12.5 Å². The molecule has 162 valence electrons. The molecule has 0 aliphatic heterocycles. The Morgan fingerprint density at radius 2 is 1.91 bits per heavy atom. The van der Waals surface area contributed by atoms with E-state index in [9.17, 15) is 9.59 Å². The number of carbonyl (C=O) groups excluding carboxylic acids is 1. The first-order valence-corrected chi connectivity index (χ1v) is 11.3. The number of benzene rings is 2. The SMILES string of the molecule is Cc1ccc(-n2c(SC(C)C(=O)Nc3ccc(Cl)cc3Cl)nc3ccccc3c2=O)nc1. The number of fused-ring (bicyclic) bond motifs is 1. The van der Waals surface area contributed by atoms with Crippen molar-refractivity contribution in [3.8, 4) is 5.82 Å². The van der Waals surface area contributed by atoms with Gasteiger partial charge in [-0.15, -0.1) is 0 Å². The minimum atomic E-state index is -0.577. The van der Waals surface area contributed by atoms with Crippen molar-refractivity contribution in [1.82, 2.24) is 14.5 Å². The second-order valence-electron chi connectivity index (χ2n) is 7.12. The monoisotopic (exact) mass is 484 g/mol. The van der Waals surface area contributed by atoms with E-state index in [0.717, 1.165) is 5.56 Å². The number of thioether (sulfide) groups is 1. The number of hydrogen-bond donors (Lipinski definition) is 1. The molecule has 1 amide bonds. The maximum atomic E-state index is 13.3. The third-order valence-electron chi connectivity index (χ3n) is 4.71. The summed E-state index contributed by atoms with van der Waals surface area (Å²) in [7, 11) is 0. The zero-order valence-electron chi connectivity index (χ0n) is 17.2. The molecule has 0 spiro atoms. The van der Waals surface area contributed by atoms with E-state index in [1.54, 1.807) is 55.6 Å². The van der Waals surface area contributed by atoms with Crippen molar-refractivity contribution in [3.63, 3.8) is 0 Å². The number of rotatable bonds is 5. The highest BCUT2D eigenvalue weighted by Crippen LogP contribution is 2.28. The molecule has 9 heteroatoms. The summed E-state index contributed by atoms with van der Waals surface area (Å²) in [6.07, 6.45) is 1.68. The molecule has 0 aliphatic rings. The van der Waals surface area contributed by atoms with Gasteiger partial charge in [0.25, 0.3) is 5.56 Å². The molecule has 2 aromatic heterocycles. The van der Waals surface area contributed by atoms with Crippen LogP contribution in [0.4, 0.5) is 5.69 Å². The van der Waals surface area contributed by atoms with Gasteiger partial charge in [0.05, 0.1) is 26.9 Å². The Kier molecular flexibility index (Phi) is 6.50. The van der Waals surface area contributed by atoms with Crippen LogP contribution in [0.5, 0.6) is 0 Å². The molecule has 1 atom stereocenters. The van der Waals surface area contributed by atoms with Gasteiger partial charge >= 0.3 is 0 Å². The van der Waals surface area contributed by atoms with Crippen LogP contribution in [0, 0.1) is 6.92 Å². The summed E-state index contributed by atoms with van der Waals surface area (Å²) in [5.74, 6) is 0.153. The predicted octanol–water partition coefficient (Wildman–Crippen LogP) is 5.52. The van der Waals surface area contributed by atoms with Crippen molar-refractivity contribution in [2.45, 2.75) is 24.3 Å². The molecule has 0 saturated heterocycles. The Hall–Kier alpha value is -2.87. The van der Waals surface area contributed by atoms with Crippen LogP contribution in [0.2, 0.25) is 10.0 Å². The standard InChI is InChI=1S/C23H18Cl2N4O2S/c1-13-7-10-20(26-12-13)29-22(31)16-5-3-4-6-18(16)28-23(29)32-14(2)21(30)27-19-9-8-15(24)11-17(19)25/h3-12,14H,1-2H3,(H,27,30). The number of nitrogens with zero attached hydrogens (tertiary/aromatic N) is 3. The van der Waals surface area contributed by atoms with Gasteiger partial charge in [0.15, 0.2) is 5.16 Å². The summed E-state index contributed by atoms with van der Waals surface area (Å²) in [5, 5.41) is 3.88. The molecular weight excluding hydrogens is 467 g/mol. The number of halogens is 2. The van der Waals surface area contributed by atoms with Crippen LogP contribution in [0.25, 0.3) is 16.7 Å². The molecule has 0 fully saturated rings. The smallest absolute Gasteiger partial charge is 0.267 e. The van der Waals surface area contributed by atoms with Crippen LogP contribution < -0.4 is 10.9 Å². The zero-order chi connectivity index (χ0) is 22.8. The first-order valence-electron chi connectivity index (χ1n) is 9.71. The maximum absolute atomic E-state index is 13.3. The van der Waals surface area contributed by atoms with Gasteiger partial charge < -0.3 is 5.32 Å². The van der Waals surface area contributed by atoms with Gasteiger partial charge in [-0.1, -0.05) is 53.2 Å². The van der Waals surface area contributed by atoms with E-state index in [-0.39, 0.29) is 11.5 Å². The fourth-order valence-electron chi connectivity index (χ4n) is 3.02. The lowest BCUT2D eigenvalue weighted by atomic mass is 10.2. The fourth-order valence-corrected chi connectivity index (χ4v) is 4.39. The largest absolute Gasteiger partial charge is 0.324 e. The Morgan fingerprint density at radius 1 is 1.12 bits per heavy atom. The molecule has 0 saturated carbocycles. The fraction of sp³-hybridized carbons (Fsp3) is 0.130. The topological polar surface area (TPSA) is 76.9 Å². The molecule has 32 heavy (non-hydrogen) atoms. The first-order chi connectivity index (χ1) is 15.3. The average molecular weight is 485 g/mol. The van der Waals surface area contributed by atoms with E-state index >= 15 is 0 Å². The third-order valence-corrected chi connectivity index (χ3v) is 6.31. The lowest BCUT2D eigenvalue weighted by Crippen LogP contribution is -2.26. The average Bonchev–Trinajstić information content (AvgIpc) is 2.77. The maximum Gasteiger partial charge on any atom is 0.267 e. The van der Waals surface area contributed by atoms with Crippen LogP contribution in [0.15, 0.2) is 70.7 Å².